The van der Waals surface area contributed by atoms with Crippen LogP contribution in [0.5, 0.6) is 0 Å². The topological polar surface area (TPSA) is 40.6 Å². The van der Waals surface area contributed by atoms with Crippen LogP contribution < -0.4 is 0 Å². The van der Waals surface area contributed by atoms with Gasteiger partial charge in [0.2, 0.25) is 11.8 Å². The fraction of sp³-hybridized carbons (Fsp3) is 0.571. The summed E-state index contributed by atoms with van der Waals surface area (Å²) in [4.78, 5) is 27.3. The van der Waals surface area contributed by atoms with Gasteiger partial charge in [0.15, 0.2) is 0 Å². The third-order valence-corrected chi connectivity index (χ3v) is 4.38. The second kappa shape index (κ2) is 4.67. The van der Waals surface area contributed by atoms with Gasteiger partial charge in [0.05, 0.1) is 0 Å². The van der Waals surface area contributed by atoms with E-state index in [-0.39, 0.29) is 23.1 Å². The lowest BCUT2D eigenvalue weighted by atomic mass is 9.72. The molecule has 3 rings (SSSR count). The Morgan fingerprint density at radius 1 is 1.21 bits per heavy atom. The maximum atomic E-state index is 12.2. The van der Waals surface area contributed by atoms with Gasteiger partial charge in [0.25, 0.3) is 0 Å². The Morgan fingerprint density at radius 3 is 2.47 bits per heavy atom. The predicted octanol–water partition coefficient (Wildman–Crippen LogP) is 1.17. The number of alkyl halides is 1. The van der Waals surface area contributed by atoms with E-state index in [0.717, 1.165) is 44.6 Å². The molecule has 2 aliphatic heterocycles. The molecular weight excluding hydrogens is 264 g/mol. The van der Waals surface area contributed by atoms with Gasteiger partial charge < -0.3 is 9.80 Å². The molecule has 5 heteroatoms. The zero-order valence-electron chi connectivity index (χ0n) is 10.8. The molecule has 0 aromatic rings. The van der Waals surface area contributed by atoms with Crippen LogP contribution in [0.2, 0.25) is 0 Å². The van der Waals surface area contributed by atoms with E-state index in [1.54, 1.807) is 4.90 Å². The maximum absolute atomic E-state index is 12.2. The molecule has 19 heavy (non-hydrogen) atoms. The zero-order chi connectivity index (χ0) is 13.5. The maximum Gasteiger partial charge on any atom is 0.249 e. The van der Waals surface area contributed by atoms with Crippen LogP contribution >= 0.6 is 11.6 Å². The minimum atomic E-state index is -0.00260. The number of halogens is 1. The van der Waals surface area contributed by atoms with E-state index in [1.165, 1.54) is 0 Å². The van der Waals surface area contributed by atoms with Crippen molar-refractivity contribution in [3.05, 3.63) is 23.8 Å². The first-order valence-corrected chi connectivity index (χ1v) is 7.16. The van der Waals surface area contributed by atoms with Crippen molar-refractivity contribution in [2.24, 2.45) is 5.41 Å². The number of amides is 2. The molecule has 0 atom stereocenters. The quantitative estimate of drug-likeness (QED) is 0.713. The molecule has 0 aromatic carbocycles. The summed E-state index contributed by atoms with van der Waals surface area (Å²) >= 11 is 5.52. The molecule has 0 aromatic heterocycles. The van der Waals surface area contributed by atoms with Crippen LogP contribution in [0.1, 0.15) is 12.8 Å². The van der Waals surface area contributed by atoms with E-state index in [4.69, 9.17) is 11.6 Å². The predicted molar refractivity (Wildman–Crippen MR) is 72.8 cm³/mol. The van der Waals surface area contributed by atoms with Gasteiger partial charge in [-0.25, -0.2) is 0 Å². The minimum Gasteiger partial charge on any atom is -0.340 e. The van der Waals surface area contributed by atoms with Crippen molar-refractivity contribution in [3.63, 3.8) is 0 Å². The molecule has 0 N–H and O–H groups in total. The van der Waals surface area contributed by atoms with Gasteiger partial charge in [0.1, 0.15) is 5.88 Å². The lowest BCUT2D eigenvalue weighted by molar-refractivity contribution is -0.164. The van der Waals surface area contributed by atoms with Gasteiger partial charge in [-0.1, -0.05) is 18.2 Å². The van der Waals surface area contributed by atoms with Crippen LogP contribution in [0.3, 0.4) is 0 Å². The van der Waals surface area contributed by atoms with Gasteiger partial charge in [-0.2, -0.15) is 0 Å². The van der Waals surface area contributed by atoms with E-state index in [1.807, 2.05) is 17.1 Å². The molecule has 1 spiro atoms. The molecule has 0 bridgehead atoms. The van der Waals surface area contributed by atoms with Gasteiger partial charge in [-0.3, -0.25) is 9.59 Å². The summed E-state index contributed by atoms with van der Waals surface area (Å²) in [7, 11) is 0. The summed E-state index contributed by atoms with van der Waals surface area (Å²) in [6.45, 7) is 3.06. The highest BCUT2D eigenvalue weighted by molar-refractivity contribution is 6.27. The zero-order valence-corrected chi connectivity index (χ0v) is 11.5. The molecule has 0 saturated carbocycles. The summed E-state index contributed by atoms with van der Waals surface area (Å²) in [5.41, 5.74) is 1.06. The fourth-order valence-electron chi connectivity index (χ4n) is 3.12. The van der Waals surface area contributed by atoms with Crippen molar-refractivity contribution < 1.29 is 9.59 Å². The van der Waals surface area contributed by atoms with E-state index in [9.17, 15) is 9.59 Å². The molecule has 2 amide bonds. The van der Waals surface area contributed by atoms with Gasteiger partial charge >= 0.3 is 0 Å². The summed E-state index contributed by atoms with van der Waals surface area (Å²) in [5.74, 6) is 0.215. The molecular formula is C14H17ClN2O2. The Morgan fingerprint density at radius 2 is 1.89 bits per heavy atom. The highest BCUT2D eigenvalue weighted by Crippen LogP contribution is 2.40. The van der Waals surface area contributed by atoms with Crippen LogP contribution in [0, 0.1) is 5.41 Å². The van der Waals surface area contributed by atoms with Gasteiger partial charge in [-0.15, -0.1) is 11.6 Å². The standard InChI is InChI=1S/C14H17ClN2O2/c15-6-12(18)16-7-14(8-16)9-17(10-14)13(19)11-4-2-1-3-5-11/h1-2,4H,3,5-10H2. The Hall–Kier alpha value is -1.29. The molecule has 4 nitrogen and oxygen atoms in total. The molecule has 2 heterocycles. The first kappa shape index (κ1) is 12.7. The SMILES string of the molecule is O=C(CCl)N1CC2(C1)CN(C(=O)C1=CC=CCC1)C2. The van der Waals surface area contributed by atoms with Crippen molar-refractivity contribution in [2.45, 2.75) is 12.8 Å². The number of rotatable bonds is 2. The molecule has 2 fully saturated rings. The number of allylic oxidation sites excluding steroid dienone is 3. The third-order valence-electron chi connectivity index (χ3n) is 4.15. The molecule has 3 aliphatic rings. The average Bonchev–Trinajstić information content (AvgIpc) is 2.35. The summed E-state index contributed by atoms with van der Waals surface area (Å²) in [6.07, 6.45) is 7.75. The first-order valence-electron chi connectivity index (χ1n) is 6.62. The number of likely N-dealkylation sites (tertiary alicyclic amines) is 2. The Balaban J connectivity index is 1.51. The average molecular weight is 281 g/mol. The number of carbonyl (C=O) groups excluding carboxylic acids is 2. The van der Waals surface area contributed by atoms with E-state index >= 15 is 0 Å². The second-order valence-corrected chi connectivity index (χ2v) is 5.97. The Bertz CT molecular complexity index is 470. The van der Waals surface area contributed by atoms with Crippen LogP contribution in [0.25, 0.3) is 0 Å². The van der Waals surface area contributed by atoms with E-state index in [2.05, 4.69) is 6.08 Å². The van der Waals surface area contributed by atoms with E-state index < -0.39 is 0 Å². The number of carbonyl (C=O) groups is 2. The lowest BCUT2D eigenvalue weighted by Crippen LogP contribution is -2.73. The van der Waals surface area contributed by atoms with Crippen LogP contribution in [-0.2, 0) is 9.59 Å². The van der Waals surface area contributed by atoms with E-state index in [0.29, 0.717) is 0 Å². The van der Waals surface area contributed by atoms with Crippen molar-refractivity contribution in [2.75, 3.05) is 32.1 Å². The number of nitrogens with zero attached hydrogens (tertiary/aromatic N) is 2. The summed E-state index contributed by atoms with van der Waals surface area (Å²) < 4.78 is 0. The Labute approximate surface area is 117 Å². The lowest BCUT2D eigenvalue weighted by Gasteiger charge is -2.60. The smallest absolute Gasteiger partial charge is 0.249 e. The molecule has 0 radical (unpaired) electrons. The summed E-state index contributed by atoms with van der Waals surface area (Å²) in [6, 6.07) is 0. The molecule has 2 saturated heterocycles. The fourth-order valence-corrected chi connectivity index (χ4v) is 3.28. The normalized spacial score (nSPS) is 23.7. The highest BCUT2D eigenvalue weighted by Gasteiger charge is 2.54. The van der Waals surface area contributed by atoms with Crippen molar-refractivity contribution in [1.29, 1.82) is 0 Å². The van der Waals surface area contributed by atoms with Crippen LogP contribution in [0.15, 0.2) is 23.8 Å². The Kier molecular flexibility index (Phi) is 3.13. The first-order chi connectivity index (χ1) is 9.13. The third kappa shape index (κ3) is 2.18. The molecule has 0 unspecified atom stereocenters. The summed E-state index contributed by atoms with van der Waals surface area (Å²) in [5, 5.41) is 0. The minimum absolute atomic E-state index is 0.00260. The van der Waals surface area contributed by atoms with Gasteiger partial charge in [0, 0.05) is 37.2 Å². The van der Waals surface area contributed by atoms with Gasteiger partial charge in [-0.05, 0) is 12.8 Å². The second-order valence-electron chi connectivity index (χ2n) is 5.70. The molecule has 102 valence electrons. The monoisotopic (exact) mass is 280 g/mol. The number of hydrogen-bond acceptors (Lipinski definition) is 2. The van der Waals surface area contributed by atoms with Crippen molar-refractivity contribution in [3.8, 4) is 0 Å². The largest absolute Gasteiger partial charge is 0.340 e. The van der Waals surface area contributed by atoms with Crippen molar-refractivity contribution >= 4 is 23.4 Å². The van der Waals surface area contributed by atoms with Crippen LogP contribution in [0.4, 0.5) is 0 Å². The van der Waals surface area contributed by atoms with Crippen molar-refractivity contribution in [1.82, 2.24) is 9.80 Å². The van der Waals surface area contributed by atoms with Crippen LogP contribution in [-0.4, -0.2) is 53.7 Å². The molecule has 1 aliphatic carbocycles. The highest BCUT2D eigenvalue weighted by atomic mass is 35.5. The number of hydrogen-bond donors (Lipinski definition) is 0.